The van der Waals surface area contributed by atoms with E-state index in [2.05, 4.69) is 15.3 Å². The Morgan fingerprint density at radius 1 is 1.28 bits per heavy atom. The predicted molar refractivity (Wildman–Crippen MR) is 110 cm³/mol. The van der Waals surface area contributed by atoms with Gasteiger partial charge in [0, 0.05) is 29.9 Å². The number of carbonyl (C=O) groups is 1. The first-order chi connectivity index (χ1) is 14.1. The van der Waals surface area contributed by atoms with Gasteiger partial charge in [0.05, 0.1) is 13.4 Å². The first-order valence-corrected chi connectivity index (χ1v) is 9.82. The molecule has 3 heterocycles. The van der Waals surface area contributed by atoms with Gasteiger partial charge in [-0.05, 0) is 25.1 Å². The summed E-state index contributed by atoms with van der Waals surface area (Å²) in [5.41, 5.74) is 1.19. The van der Waals surface area contributed by atoms with Crippen molar-refractivity contribution in [2.45, 2.75) is 13.0 Å². The molecule has 148 valence electrons. The molecule has 4 rings (SSSR count). The highest BCUT2D eigenvalue weighted by molar-refractivity contribution is 7.15. The number of rotatable bonds is 6. The summed E-state index contributed by atoms with van der Waals surface area (Å²) in [5, 5.41) is 3.75. The van der Waals surface area contributed by atoms with E-state index in [0.717, 1.165) is 10.4 Å². The lowest BCUT2D eigenvalue weighted by Gasteiger charge is -2.21. The Labute approximate surface area is 172 Å². The molecule has 29 heavy (non-hydrogen) atoms. The Morgan fingerprint density at radius 2 is 2.10 bits per heavy atom. The maximum absolute atomic E-state index is 13.2. The number of amides is 1. The van der Waals surface area contributed by atoms with E-state index in [1.807, 2.05) is 55.1 Å². The molecule has 0 unspecified atom stereocenters. The zero-order valence-corrected chi connectivity index (χ0v) is 17.1. The molecule has 4 aromatic rings. The van der Waals surface area contributed by atoms with Crippen molar-refractivity contribution in [1.82, 2.24) is 19.9 Å². The molecule has 0 radical (unpaired) electrons. The number of hydrogen-bond donors (Lipinski definition) is 1. The summed E-state index contributed by atoms with van der Waals surface area (Å²) in [6, 6.07) is 10.7. The largest absolute Gasteiger partial charge is 0.496 e. The summed E-state index contributed by atoms with van der Waals surface area (Å²) >= 11 is 1.42. The highest BCUT2D eigenvalue weighted by atomic mass is 32.1. The standard InChI is InChI=1S/C21H20N4O3S/c1-13-17(24-21(29-13)16-9-6-12-28-16)20(26)23-18(19-22-10-11-25(19)2)14-7-4-5-8-15(14)27-3/h4-12,18H,1-3H3,(H,23,26)/t18-/m1/s1. The zero-order valence-electron chi connectivity index (χ0n) is 16.2. The molecule has 0 saturated carbocycles. The molecule has 0 fully saturated rings. The van der Waals surface area contributed by atoms with Gasteiger partial charge >= 0.3 is 0 Å². The number of aromatic nitrogens is 3. The zero-order chi connectivity index (χ0) is 20.4. The minimum absolute atomic E-state index is 0.282. The van der Waals surface area contributed by atoms with E-state index < -0.39 is 6.04 Å². The van der Waals surface area contributed by atoms with Gasteiger partial charge in [0.25, 0.3) is 5.91 Å². The number of para-hydroxylation sites is 1. The van der Waals surface area contributed by atoms with Crippen molar-refractivity contribution in [3.05, 3.63) is 77.0 Å². The average molecular weight is 408 g/mol. The minimum atomic E-state index is -0.494. The molecule has 1 aromatic carbocycles. The fraction of sp³-hybridized carbons (Fsp3) is 0.190. The monoisotopic (exact) mass is 408 g/mol. The summed E-state index contributed by atoms with van der Waals surface area (Å²) < 4.78 is 12.8. The van der Waals surface area contributed by atoms with E-state index in [1.165, 1.54) is 11.3 Å². The number of ether oxygens (including phenoxy) is 1. The second-order valence-electron chi connectivity index (χ2n) is 6.45. The molecule has 0 bridgehead atoms. The van der Waals surface area contributed by atoms with Gasteiger partial charge in [-0.3, -0.25) is 4.79 Å². The number of methoxy groups -OCH3 is 1. The molecule has 0 aliphatic rings. The second kappa shape index (κ2) is 7.92. The number of carbonyl (C=O) groups excluding carboxylic acids is 1. The maximum Gasteiger partial charge on any atom is 0.271 e. The van der Waals surface area contributed by atoms with Crippen molar-refractivity contribution in [3.8, 4) is 16.5 Å². The lowest BCUT2D eigenvalue weighted by Crippen LogP contribution is -2.32. The third kappa shape index (κ3) is 3.66. The fourth-order valence-electron chi connectivity index (χ4n) is 3.15. The van der Waals surface area contributed by atoms with Crippen molar-refractivity contribution in [1.29, 1.82) is 0 Å². The van der Waals surface area contributed by atoms with Crippen molar-refractivity contribution >= 4 is 17.2 Å². The first-order valence-electron chi connectivity index (χ1n) is 9.00. The number of nitrogens with zero attached hydrogens (tertiary/aromatic N) is 3. The molecule has 0 aliphatic heterocycles. The molecule has 3 aromatic heterocycles. The van der Waals surface area contributed by atoms with Gasteiger partial charge in [0.15, 0.2) is 10.8 Å². The van der Waals surface area contributed by atoms with Crippen LogP contribution in [0.2, 0.25) is 0 Å². The van der Waals surface area contributed by atoms with E-state index in [0.29, 0.717) is 28.0 Å². The van der Waals surface area contributed by atoms with Gasteiger partial charge in [-0.15, -0.1) is 11.3 Å². The number of aryl methyl sites for hydroxylation is 2. The van der Waals surface area contributed by atoms with Crippen molar-refractivity contribution < 1.29 is 13.9 Å². The Balaban J connectivity index is 1.70. The number of benzene rings is 1. The molecule has 8 heteroatoms. The third-order valence-corrected chi connectivity index (χ3v) is 5.57. The smallest absolute Gasteiger partial charge is 0.271 e. The predicted octanol–water partition coefficient (Wildman–Crippen LogP) is 3.97. The number of furan rings is 1. The second-order valence-corrected chi connectivity index (χ2v) is 7.65. The van der Waals surface area contributed by atoms with Crippen LogP contribution < -0.4 is 10.1 Å². The molecule has 7 nitrogen and oxygen atoms in total. The van der Waals surface area contributed by atoms with Crippen LogP contribution in [0.25, 0.3) is 10.8 Å². The van der Waals surface area contributed by atoms with Crippen LogP contribution in [0.5, 0.6) is 5.75 Å². The first kappa shape index (κ1) is 18.9. The van der Waals surface area contributed by atoms with Gasteiger partial charge in [-0.25, -0.2) is 9.97 Å². The number of imidazole rings is 1. The lowest BCUT2D eigenvalue weighted by atomic mass is 10.0. The molecule has 1 atom stereocenters. The molecule has 1 amide bonds. The average Bonchev–Trinajstić information content (AvgIpc) is 3.47. The van der Waals surface area contributed by atoms with Crippen LogP contribution in [0.3, 0.4) is 0 Å². The molecular formula is C21H20N4O3S. The molecule has 0 aliphatic carbocycles. The summed E-state index contributed by atoms with van der Waals surface area (Å²) in [6.45, 7) is 1.87. The number of hydrogen-bond acceptors (Lipinski definition) is 6. The van der Waals surface area contributed by atoms with Gasteiger partial charge in [0.1, 0.15) is 23.3 Å². The van der Waals surface area contributed by atoms with Crippen LogP contribution in [0, 0.1) is 6.92 Å². The highest BCUT2D eigenvalue weighted by Gasteiger charge is 2.26. The Kier molecular flexibility index (Phi) is 5.18. The molecule has 0 spiro atoms. The van der Waals surface area contributed by atoms with Crippen LogP contribution in [0.15, 0.2) is 59.5 Å². The lowest BCUT2D eigenvalue weighted by molar-refractivity contribution is 0.0936. The molecule has 1 N–H and O–H groups in total. The van der Waals surface area contributed by atoms with E-state index in [9.17, 15) is 4.79 Å². The number of thiazole rings is 1. The highest BCUT2D eigenvalue weighted by Crippen LogP contribution is 2.31. The Morgan fingerprint density at radius 3 is 2.79 bits per heavy atom. The van der Waals surface area contributed by atoms with Crippen LogP contribution in [0.4, 0.5) is 0 Å². The SMILES string of the molecule is COc1ccccc1[C@@H](NC(=O)c1nc(-c2ccco2)sc1C)c1nccn1C. The van der Waals surface area contributed by atoms with Crippen LogP contribution in [-0.2, 0) is 7.05 Å². The molecule has 0 saturated heterocycles. The van der Waals surface area contributed by atoms with E-state index in [4.69, 9.17) is 9.15 Å². The van der Waals surface area contributed by atoms with Gasteiger partial charge < -0.3 is 19.0 Å². The Bertz CT molecular complexity index is 1130. The van der Waals surface area contributed by atoms with Crippen molar-refractivity contribution in [2.24, 2.45) is 7.05 Å². The summed E-state index contributed by atoms with van der Waals surface area (Å²) in [6.07, 6.45) is 5.13. The van der Waals surface area contributed by atoms with E-state index in [1.54, 1.807) is 25.6 Å². The van der Waals surface area contributed by atoms with E-state index >= 15 is 0 Å². The minimum Gasteiger partial charge on any atom is -0.496 e. The number of nitrogens with one attached hydrogen (secondary N) is 1. The quantitative estimate of drug-likeness (QED) is 0.522. The van der Waals surface area contributed by atoms with Crippen LogP contribution >= 0.6 is 11.3 Å². The Hall–Kier alpha value is -3.39. The normalized spacial score (nSPS) is 12.0. The molecular weight excluding hydrogens is 388 g/mol. The topological polar surface area (TPSA) is 82.2 Å². The van der Waals surface area contributed by atoms with E-state index in [-0.39, 0.29) is 5.91 Å². The van der Waals surface area contributed by atoms with Crippen LogP contribution in [-0.4, -0.2) is 27.6 Å². The fourth-order valence-corrected chi connectivity index (χ4v) is 4.03. The van der Waals surface area contributed by atoms with Crippen molar-refractivity contribution in [3.63, 3.8) is 0 Å². The van der Waals surface area contributed by atoms with Gasteiger partial charge in [-0.2, -0.15) is 0 Å². The van der Waals surface area contributed by atoms with Crippen LogP contribution in [0.1, 0.15) is 32.8 Å². The van der Waals surface area contributed by atoms with Gasteiger partial charge in [0.2, 0.25) is 0 Å². The summed E-state index contributed by atoms with van der Waals surface area (Å²) in [4.78, 5) is 22.9. The summed E-state index contributed by atoms with van der Waals surface area (Å²) in [5.74, 6) is 1.73. The summed E-state index contributed by atoms with van der Waals surface area (Å²) in [7, 11) is 3.50. The van der Waals surface area contributed by atoms with Crippen molar-refractivity contribution in [2.75, 3.05) is 7.11 Å². The third-order valence-electron chi connectivity index (χ3n) is 4.59. The maximum atomic E-state index is 13.2. The van der Waals surface area contributed by atoms with Gasteiger partial charge in [-0.1, -0.05) is 18.2 Å².